The van der Waals surface area contributed by atoms with E-state index in [1.54, 1.807) is 0 Å². The molecule has 1 aromatic carbocycles. The Kier molecular flexibility index (Phi) is 7.39. The molecule has 194 valence electrons. The van der Waals surface area contributed by atoms with Gasteiger partial charge >= 0.3 is 0 Å². The van der Waals surface area contributed by atoms with Gasteiger partial charge in [-0.05, 0) is 57.1 Å². The van der Waals surface area contributed by atoms with E-state index in [2.05, 4.69) is 39.0 Å². The summed E-state index contributed by atoms with van der Waals surface area (Å²) in [7, 11) is 0. The average Bonchev–Trinajstić information content (AvgIpc) is 3.76. The highest BCUT2D eigenvalue weighted by atomic mass is 19.1. The molecule has 36 heavy (non-hydrogen) atoms. The molecule has 7 nitrogen and oxygen atoms in total. The number of hydrogen-bond acceptors (Lipinski definition) is 5. The van der Waals surface area contributed by atoms with Crippen LogP contribution in [0.1, 0.15) is 57.7 Å². The third-order valence-electron chi connectivity index (χ3n) is 7.42. The lowest BCUT2D eigenvalue weighted by Crippen LogP contribution is -2.44. The Morgan fingerprint density at radius 1 is 1.31 bits per heavy atom. The number of likely N-dealkylation sites (tertiary alicyclic amines) is 1. The van der Waals surface area contributed by atoms with Gasteiger partial charge in [0, 0.05) is 42.8 Å². The first-order valence-electron chi connectivity index (χ1n) is 13.0. The number of carbonyl (C=O) groups excluding carboxylic acids is 1. The van der Waals surface area contributed by atoms with Gasteiger partial charge in [-0.2, -0.15) is 0 Å². The fourth-order valence-electron chi connectivity index (χ4n) is 5.13. The SMILES string of the molecule is C=C(C[C@H](NC(=O)CC1CC1)C1OC1NCc1ncc(-c2ccc(F)cc2F)[nH]1)N1CCCC[C@@H]1C. The van der Waals surface area contributed by atoms with Crippen molar-refractivity contribution in [3.8, 4) is 11.3 Å². The second kappa shape index (κ2) is 10.7. The molecule has 2 unspecified atom stereocenters. The first-order valence-corrected chi connectivity index (χ1v) is 13.0. The highest BCUT2D eigenvalue weighted by Gasteiger charge is 2.46. The quantitative estimate of drug-likeness (QED) is 0.403. The van der Waals surface area contributed by atoms with Gasteiger partial charge in [-0.25, -0.2) is 13.8 Å². The minimum atomic E-state index is -0.642. The third-order valence-corrected chi connectivity index (χ3v) is 7.42. The van der Waals surface area contributed by atoms with Gasteiger partial charge < -0.3 is 19.9 Å². The predicted molar refractivity (Wildman–Crippen MR) is 132 cm³/mol. The molecule has 2 saturated heterocycles. The minimum Gasteiger partial charge on any atom is -0.373 e. The number of ether oxygens (including phenoxy) is 1. The zero-order valence-electron chi connectivity index (χ0n) is 20.7. The van der Waals surface area contributed by atoms with Crippen LogP contribution < -0.4 is 10.6 Å². The first-order chi connectivity index (χ1) is 17.4. The lowest BCUT2D eigenvalue weighted by atomic mass is 10.00. The molecular formula is C27H35F2N5O2. The van der Waals surface area contributed by atoms with E-state index >= 15 is 0 Å². The number of hydrogen-bond donors (Lipinski definition) is 3. The van der Waals surface area contributed by atoms with E-state index in [9.17, 15) is 13.6 Å². The van der Waals surface area contributed by atoms with E-state index in [1.165, 1.54) is 31.2 Å². The summed E-state index contributed by atoms with van der Waals surface area (Å²) in [6.07, 6.45) is 8.21. The van der Waals surface area contributed by atoms with Crippen LogP contribution in [0.5, 0.6) is 0 Å². The first kappa shape index (κ1) is 24.9. The van der Waals surface area contributed by atoms with Crippen LogP contribution >= 0.6 is 0 Å². The Bertz CT molecular complexity index is 1100. The fourth-order valence-corrected chi connectivity index (χ4v) is 5.13. The molecule has 1 aromatic heterocycles. The van der Waals surface area contributed by atoms with E-state index in [0.717, 1.165) is 37.6 Å². The van der Waals surface area contributed by atoms with Crippen molar-refractivity contribution in [2.45, 2.75) is 82.8 Å². The highest BCUT2D eigenvalue weighted by Crippen LogP contribution is 2.33. The van der Waals surface area contributed by atoms with Crippen LogP contribution in [-0.2, 0) is 16.1 Å². The van der Waals surface area contributed by atoms with Crippen molar-refractivity contribution in [1.82, 2.24) is 25.5 Å². The molecule has 1 aliphatic carbocycles. The molecule has 9 heteroatoms. The average molecular weight is 500 g/mol. The lowest BCUT2D eigenvalue weighted by molar-refractivity contribution is -0.122. The zero-order valence-corrected chi connectivity index (χ0v) is 20.7. The summed E-state index contributed by atoms with van der Waals surface area (Å²) in [5, 5.41) is 6.53. The molecule has 0 bridgehead atoms. The second-order valence-electron chi connectivity index (χ2n) is 10.4. The number of halogens is 2. The number of rotatable bonds is 11. The Morgan fingerprint density at radius 2 is 2.14 bits per heavy atom. The van der Waals surface area contributed by atoms with Gasteiger partial charge in [-0.15, -0.1) is 0 Å². The number of aromatic amines is 1. The molecule has 1 amide bonds. The number of amides is 1. The van der Waals surface area contributed by atoms with E-state index in [0.29, 0.717) is 42.9 Å². The summed E-state index contributed by atoms with van der Waals surface area (Å²) in [4.78, 5) is 22.4. The molecular weight excluding hydrogens is 464 g/mol. The molecule has 3 fully saturated rings. The van der Waals surface area contributed by atoms with Gasteiger partial charge in [-0.1, -0.05) is 6.58 Å². The summed E-state index contributed by atoms with van der Waals surface area (Å²) in [5.41, 5.74) is 1.79. The number of H-pyrrole nitrogens is 1. The number of carbonyl (C=O) groups is 1. The van der Waals surface area contributed by atoms with E-state index in [-0.39, 0.29) is 29.8 Å². The maximum absolute atomic E-state index is 14.1. The van der Waals surface area contributed by atoms with Crippen molar-refractivity contribution < 1.29 is 18.3 Å². The molecule has 2 aliphatic heterocycles. The molecule has 3 heterocycles. The molecule has 4 atom stereocenters. The number of benzene rings is 1. The summed E-state index contributed by atoms with van der Waals surface area (Å²) in [6.45, 7) is 7.98. The van der Waals surface area contributed by atoms with Crippen molar-refractivity contribution in [2.75, 3.05) is 6.54 Å². The number of nitrogens with one attached hydrogen (secondary N) is 3. The van der Waals surface area contributed by atoms with Crippen molar-refractivity contribution in [1.29, 1.82) is 0 Å². The van der Waals surface area contributed by atoms with Gasteiger partial charge in [0.15, 0.2) is 0 Å². The number of imidazole rings is 1. The molecule has 0 spiro atoms. The van der Waals surface area contributed by atoms with Crippen molar-refractivity contribution in [3.05, 3.63) is 54.1 Å². The Balaban J connectivity index is 1.18. The molecule has 3 N–H and O–H groups in total. The van der Waals surface area contributed by atoms with Crippen molar-refractivity contribution in [2.24, 2.45) is 5.92 Å². The van der Waals surface area contributed by atoms with Crippen LogP contribution in [-0.4, -0.2) is 51.7 Å². The Morgan fingerprint density at radius 3 is 2.89 bits per heavy atom. The summed E-state index contributed by atoms with van der Waals surface area (Å²) in [5.74, 6) is -0.0521. The molecule has 2 aromatic rings. The molecule has 3 aliphatic rings. The lowest BCUT2D eigenvalue weighted by Gasteiger charge is -2.37. The van der Waals surface area contributed by atoms with Crippen LogP contribution in [0.2, 0.25) is 0 Å². The number of nitrogens with zero attached hydrogens (tertiary/aromatic N) is 2. The fraction of sp³-hybridized carbons (Fsp3) is 0.556. The molecule has 1 saturated carbocycles. The normalized spacial score (nSPS) is 24.4. The zero-order chi connectivity index (χ0) is 25.2. The third kappa shape index (κ3) is 6.13. The number of aromatic nitrogens is 2. The number of epoxide rings is 1. The maximum atomic E-state index is 14.1. The predicted octanol–water partition coefficient (Wildman–Crippen LogP) is 4.23. The van der Waals surface area contributed by atoms with Crippen LogP contribution in [0.15, 0.2) is 36.7 Å². The van der Waals surface area contributed by atoms with Crippen LogP contribution in [0.4, 0.5) is 8.78 Å². The van der Waals surface area contributed by atoms with E-state index < -0.39 is 11.6 Å². The van der Waals surface area contributed by atoms with Crippen molar-refractivity contribution in [3.63, 3.8) is 0 Å². The van der Waals surface area contributed by atoms with E-state index in [4.69, 9.17) is 4.74 Å². The second-order valence-corrected chi connectivity index (χ2v) is 10.4. The van der Waals surface area contributed by atoms with Crippen molar-refractivity contribution >= 4 is 5.91 Å². The molecule has 0 radical (unpaired) electrons. The van der Waals surface area contributed by atoms with Gasteiger partial charge in [-0.3, -0.25) is 10.1 Å². The van der Waals surface area contributed by atoms with Crippen LogP contribution in [0.3, 0.4) is 0 Å². The number of piperidine rings is 1. The van der Waals surface area contributed by atoms with Crippen LogP contribution in [0.25, 0.3) is 11.3 Å². The van der Waals surface area contributed by atoms with Gasteiger partial charge in [0.05, 0.1) is 24.5 Å². The highest BCUT2D eigenvalue weighted by molar-refractivity contribution is 5.77. The minimum absolute atomic E-state index is 0.0771. The summed E-state index contributed by atoms with van der Waals surface area (Å²) in [6, 6.07) is 3.77. The van der Waals surface area contributed by atoms with E-state index in [1.807, 2.05) is 0 Å². The maximum Gasteiger partial charge on any atom is 0.220 e. The Hall–Kier alpha value is -2.78. The van der Waals surface area contributed by atoms with Gasteiger partial charge in [0.25, 0.3) is 0 Å². The summed E-state index contributed by atoms with van der Waals surface area (Å²) < 4.78 is 33.2. The smallest absolute Gasteiger partial charge is 0.220 e. The molecule has 5 rings (SSSR count). The summed E-state index contributed by atoms with van der Waals surface area (Å²) >= 11 is 0. The van der Waals surface area contributed by atoms with Gasteiger partial charge in [0.2, 0.25) is 5.91 Å². The monoisotopic (exact) mass is 499 g/mol. The van der Waals surface area contributed by atoms with Gasteiger partial charge in [0.1, 0.15) is 29.8 Å². The largest absolute Gasteiger partial charge is 0.373 e. The van der Waals surface area contributed by atoms with Crippen LogP contribution in [0, 0.1) is 17.6 Å². The standard InChI is InChI=1S/C27H35F2N5O2/c1-16-5-3-4-10-34(16)17(2)11-22(33-25(35)12-18-6-7-18)26-27(36-26)31-15-24-30-14-23(32-24)20-9-8-19(28)13-21(20)29/h8-9,13-14,16,18,22,26-27,31H,2-7,10-12,15H2,1H3,(H,30,32)(H,33,35)/t16-,22-,26?,27?/m0/s1. The topological polar surface area (TPSA) is 85.6 Å². The Labute approximate surface area is 210 Å².